The van der Waals surface area contributed by atoms with Crippen LogP contribution in [0.25, 0.3) is 0 Å². The van der Waals surface area contributed by atoms with Crippen molar-refractivity contribution in [1.82, 2.24) is 10.2 Å². The number of anilines is 1. The Balaban J connectivity index is 1.84. The summed E-state index contributed by atoms with van der Waals surface area (Å²) < 4.78 is 35.1. The SMILES string of the molecule is COc1ccc(Cl)cc1N(CC(=O)N(Cc1ccc(Cl)cc1)[C@H](Cc1ccccc1)C(=O)NCC(C)C)S(=O)(=O)c1ccc(C)cc1. The normalized spacial score (nSPS) is 12.0. The molecule has 2 amide bonds. The van der Waals surface area contributed by atoms with Gasteiger partial charge >= 0.3 is 0 Å². The maximum atomic E-state index is 14.6. The smallest absolute Gasteiger partial charge is 0.264 e. The molecule has 1 atom stereocenters. The molecule has 4 rings (SSSR count). The molecule has 0 aliphatic rings. The Morgan fingerprint density at radius 1 is 0.851 bits per heavy atom. The molecule has 0 aliphatic carbocycles. The number of nitrogens with one attached hydrogen (secondary N) is 1. The molecule has 8 nitrogen and oxygen atoms in total. The van der Waals surface area contributed by atoms with Crippen molar-refractivity contribution in [2.75, 3.05) is 24.5 Å². The number of benzene rings is 4. The number of sulfonamides is 1. The van der Waals surface area contributed by atoms with E-state index in [0.29, 0.717) is 17.1 Å². The molecule has 47 heavy (non-hydrogen) atoms. The van der Waals surface area contributed by atoms with Crippen LogP contribution in [-0.4, -0.2) is 51.4 Å². The highest BCUT2D eigenvalue weighted by Gasteiger charge is 2.35. The second-order valence-corrected chi connectivity index (χ2v) is 14.4. The summed E-state index contributed by atoms with van der Waals surface area (Å²) in [6.45, 7) is 5.60. The maximum Gasteiger partial charge on any atom is 0.264 e. The number of methoxy groups -OCH3 is 1. The van der Waals surface area contributed by atoms with E-state index >= 15 is 0 Å². The summed E-state index contributed by atoms with van der Waals surface area (Å²) in [6.07, 6.45) is 0.204. The van der Waals surface area contributed by atoms with Crippen LogP contribution in [0.5, 0.6) is 5.75 Å². The van der Waals surface area contributed by atoms with Gasteiger partial charge in [-0.2, -0.15) is 0 Å². The molecular weight excluding hydrogens is 657 g/mol. The molecule has 0 saturated heterocycles. The number of rotatable bonds is 14. The van der Waals surface area contributed by atoms with E-state index in [1.54, 1.807) is 48.5 Å². The first-order valence-corrected chi connectivity index (χ1v) is 17.4. The summed E-state index contributed by atoms with van der Waals surface area (Å²) in [7, 11) is -2.91. The van der Waals surface area contributed by atoms with Crippen LogP contribution in [0.1, 0.15) is 30.5 Å². The molecule has 0 unspecified atom stereocenters. The summed E-state index contributed by atoms with van der Waals surface area (Å²) in [5, 5.41) is 3.76. The Morgan fingerprint density at radius 2 is 1.49 bits per heavy atom. The minimum atomic E-state index is -4.32. The van der Waals surface area contributed by atoms with E-state index in [2.05, 4.69) is 5.32 Å². The van der Waals surface area contributed by atoms with Gasteiger partial charge in [-0.05, 0) is 66.4 Å². The predicted octanol–water partition coefficient (Wildman–Crippen LogP) is 6.92. The third-order valence-electron chi connectivity index (χ3n) is 7.52. The van der Waals surface area contributed by atoms with E-state index in [1.807, 2.05) is 51.1 Å². The molecule has 0 aromatic heterocycles. The van der Waals surface area contributed by atoms with Crippen molar-refractivity contribution in [1.29, 1.82) is 0 Å². The van der Waals surface area contributed by atoms with E-state index in [-0.39, 0.29) is 46.1 Å². The van der Waals surface area contributed by atoms with Gasteiger partial charge in [-0.25, -0.2) is 8.42 Å². The summed E-state index contributed by atoms with van der Waals surface area (Å²) in [5.74, 6) is -0.573. The largest absolute Gasteiger partial charge is 0.495 e. The molecule has 4 aromatic rings. The zero-order chi connectivity index (χ0) is 34.1. The Kier molecular flexibility index (Phi) is 12.3. The van der Waals surface area contributed by atoms with Crippen molar-refractivity contribution in [2.45, 2.75) is 44.7 Å². The Labute approximate surface area is 287 Å². The first-order valence-electron chi connectivity index (χ1n) is 15.2. The van der Waals surface area contributed by atoms with E-state index in [0.717, 1.165) is 15.4 Å². The van der Waals surface area contributed by atoms with Crippen molar-refractivity contribution >= 4 is 50.7 Å². The second-order valence-electron chi connectivity index (χ2n) is 11.6. The van der Waals surface area contributed by atoms with Crippen LogP contribution < -0.4 is 14.4 Å². The highest BCUT2D eigenvalue weighted by Crippen LogP contribution is 2.35. The van der Waals surface area contributed by atoms with Crippen LogP contribution >= 0.6 is 23.2 Å². The number of hydrogen-bond acceptors (Lipinski definition) is 5. The summed E-state index contributed by atoms with van der Waals surface area (Å²) in [6, 6.07) is 26.3. The van der Waals surface area contributed by atoms with Gasteiger partial charge in [0.25, 0.3) is 10.0 Å². The van der Waals surface area contributed by atoms with Gasteiger partial charge in [0, 0.05) is 29.6 Å². The van der Waals surface area contributed by atoms with Crippen LogP contribution in [0.4, 0.5) is 5.69 Å². The first-order chi connectivity index (χ1) is 22.4. The molecule has 0 radical (unpaired) electrons. The van der Waals surface area contributed by atoms with E-state index in [4.69, 9.17) is 27.9 Å². The number of hydrogen-bond donors (Lipinski definition) is 1. The van der Waals surface area contributed by atoms with Gasteiger partial charge in [-0.15, -0.1) is 0 Å². The van der Waals surface area contributed by atoms with Crippen LogP contribution in [-0.2, 0) is 32.6 Å². The third-order valence-corrected chi connectivity index (χ3v) is 9.78. The van der Waals surface area contributed by atoms with E-state index in [9.17, 15) is 18.0 Å². The maximum absolute atomic E-state index is 14.6. The van der Waals surface area contributed by atoms with Gasteiger partial charge in [0.05, 0.1) is 17.7 Å². The third kappa shape index (κ3) is 9.50. The number of carbonyl (C=O) groups is 2. The van der Waals surface area contributed by atoms with Crippen molar-refractivity contribution in [3.63, 3.8) is 0 Å². The number of halogens is 2. The number of carbonyl (C=O) groups excluding carboxylic acids is 2. The second kappa shape index (κ2) is 16.2. The van der Waals surface area contributed by atoms with E-state index < -0.39 is 28.5 Å². The molecule has 11 heteroatoms. The van der Waals surface area contributed by atoms with Crippen molar-refractivity contribution < 1.29 is 22.7 Å². The zero-order valence-corrected chi connectivity index (χ0v) is 29.1. The Bertz CT molecular complexity index is 1770. The van der Waals surface area contributed by atoms with Gasteiger partial charge in [-0.3, -0.25) is 13.9 Å². The lowest BCUT2D eigenvalue weighted by molar-refractivity contribution is -0.140. The number of ether oxygens (including phenoxy) is 1. The van der Waals surface area contributed by atoms with Crippen LogP contribution in [0.15, 0.2) is 102 Å². The first kappa shape index (κ1) is 35.8. The topological polar surface area (TPSA) is 96.0 Å². The summed E-state index contributed by atoms with van der Waals surface area (Å²) in [5.41, 5.74) is 2.51. The standard InChI is InChI=1S/C36H39Cl2N3O5S/c1-25(2)22-39-36(43)33(20-27-8-6-5-7-9-27)40(23-28-12-14-29(37)15-13-28)35(42)24-41(32-21-30(38)16-19-34(32)46-4)47(44,45)31-17-10-26(3)11-18-31/h5-19,21,25,33H,20,22-24H2,1-4H3,(H,39,43)/t33-/m1/s1. The molecule has 4 aromatic carbocycles. The van der Waals surface area contributed by atoms with Crippen molar-refractivity contribution in [3.05, 3.63) is 124 Å². The average molecular weight is 697 g/mol. The highest BCUT2D eigenvalue weighted by molar-refractivity contribution is 7.92. The minimum Gasteiger partial charge on any atom is -0.495 e. The Morgan fingerprint density at radius 3 is 2.11 bits per heavy atom. The minimum absolute atomic E-state index is 0.0160. The quantitative estimate of drug-likeness (QED) is 0.155. The number of amides is 2. The average Bonchev–Trinajstić information content (AvgIpc) is 3.05. The highest BCUT2D eigenvalue weighted by atomic mass is 35.5. The number of aryl methyl sites for hydroxylation is 1. The zero-order valence-electron chi connectivity index (χ0n) is 26.8. The van der Waals surface area contributed by atoms with Crippen LogP contribution in [0.2, 0.25) is 10.0 Å². The van der Waals surface area contributed by atoms with Gasteiger partial charge in [0.15, 0.2) is 0 Å². The molecular formula is C36H39Cl2N3O5S. The molecule has 0 aliphatic heterocycles. The van der Waals surface area contributed by atoms with Crippen LogP contribution in [0.3, 0.4) is 0 Å². The monoisotopic (exact) mass is 695 g/mol. The molecule has 0 spiro atoms. The summed E-state index contributed by atoms with van der Waals surface area (Å²) in [4.78, 5) is 29.9. The molecule has 0 bridgehead atoms. The molecule has 0 fully saturated rings. The molecule has 1 N–H and O–H groups in total. The fourth-order valence-corrected chi connectivity index (χ4v) is 6.68. The number of nitrogens with zero attached hydrogens (tertiary/aromatic N) is 2. The van der Waals surface area contributed by atoms with E-state index in [1.165, 1.54) is 30.2 Å². The lowest BCUT2D eigenvalue weighted by Gasteiger charge is -2.34. The molecule has 0 heterocycles. The van der Waals surface area contributed by atoms with Gasteiger partial charge in [-0.1, -0.05) is 97.2 Å². The van der Waals surface area contributed by atoms with Gasteiger partial charge in [0.1, 0.15) is 18.3 Å². The fourth-order valence-electron chi connectivity index (χ4n) is 4.97. The summed E-state index contributed by atoms with van der Waals surface area (Å²) >= 11 is 12.5. The lowest BCUT2D eigenvalue weighted by atomic mass is 10.0. The van der Waals surface area contributed by atoms with Gasteiger partial charge < -0.3 is 15.0 Å². The Hall–Kier alpha value is -4.05. The predicted molar refractivity (Wildman–Crippen MR) is 187 cm³/mol. The fraction of sp³-hybridized carbons (Fsp3) is 0.278. The molecule has 248 valence electrons. The van der Waals surface area contributed by atoms with Crippen LogP contribution in [0, 0.1) is 12.8 Å². The van der Waals surface area contributed by atoms with Crippen molar-refractivity contribution in [2.24, 2.45) is 5.92 Å². The van der Waals surface area contributed by atoms with Crippen molar-refractivity contribution in [3.8, 4) is 5.75 Å². The lowest BCUT2D eigenvalue weighted by Crippen LogP contribution is -2.53. The molecule has 0 saturated carbocycles. The van der Waals surface area contributed by atoms with Gasteiger partial charge in [0.2, 0.25) is 11.8 Å².